The van der Waals surface area contributed by atoms with Crippen molar-refractivity contribution in [3.05, 3.63) is 52.3 Å². The number of aryl methyl sites for hydroxylation is 1. The predicted molar refractivity (Wildman–Crippen MR) is 69.2 cm³/mol. The van der Waals surface area contributed by atoms with Gasteiger partial charge < -0.3 is 5.32 Å². The van der Waals surface area contributed by atoms with Gasteiger partial charge >= 0.3 is 0 Å². The smallest absolute Gasteiger partial charge is 0.106 e. The van der Waals surface area contributed by atoms with E-state index in [1.54, 1.807) is 12.4 Å². The van der Waals surface area contributed by atoms with Crippen LogP contribution < -0.4 is 5.32 Å². The Morgan fingerprint density at radius 3 is 2.65 bits per heavy atom. The zero-order valence-corrected chi connectivity index (χ0v) is 11.1. The standard InChI is InChI=1S/C12H13BrN4/c1-9-5-16-11(8-15-9)7-14-6-10-3-2-4-12(13)17-10/h2-5,8,14H,6-7H2,1H3. The van der Waals surface area contributed by atoms with E-state index >= 15 is 0 Å². The number of hydrogen-bond donors (Lipinski definition) is 1. The number of rotatable bonds is 4. The van der Waals surface area contributed by atoms with Crippen LogP contribution in [-0.4, -0.2) is 15.0 Å². The summed E-state index contributed by atoms with van der Waals surface area (Å²) in [5.74, 6) is 0. The zero-order valence-electron chi connectivity index (χ0n) is 9.52. The van der Waals surface area contributed by atoms with E-state index in [1.165, 1.54) is 0 Å². The van der Waals surface area contributed by atoms with Gasteiger partial charge in [0.25, 0.3) is 0 Å². The number of aromatic nitrogens is 3. The number of nitrogens with one attached hydrogen (secondary N) is 1. The van der Waals surface area contributed by atoms with Crippen LogP contribution in [-0.2, 0) is 13.1 Å². The quantitative estimate of drug-likeness (QED) is 0.878. The molecular formula is C12H13BrN4. The molecule has 0 spiro atoms. The predicted octanol–water partition coefficient (Wildman–Crippen LogP) is 2.23. The highest BCUT2D eigenvalue weighted by Crippen LogP contribution is 2.06. The monoisotopic (exact) mass is 292 g/mol. The fraction of sp³-hybridized carbons (Fsp3) is 0.250. The van der Waals surface area contributed by atoms with Gasteiger partial charge in [0.2, 0.25) is 0 Å². The molecule has 0 aromatic carbocycles. The molecule has 2 heterocycles. The summed E-state index contributed by atoms with van der Waals surface area (Å²) in [7, 11) is 0. The van der Waals surface area contributed by atoms with E-state index in [2.05, 4.69) is 36.2 Å². The lowest BCUT2D eigenvalue weighted by atomic mass is 10.3. The van der Waals surface area contributed by atoms with Gasteiger partial charge in [-0.3, -0.25) is 9.97 Å². The van der Waals surface area contributed by atoms with Gasteiger partial charge in [0, 0.05) is 25.5 Å². The van der Waals surface area contributed by atoms with Crippen molar-refractivity contribution in [1.82, 2.24) is 20.3 Å². The molecule has 0 fully saturated rings. The average molecular weight is 293 g/mol. The first-order valence-corrected chi connectivity index (χ1v) is 6.13. The lowest BCUT2D eigenvalue weighted by Gasteiger charge is -2.04. The second-order valence-corrected chi connectivity index (χ2v) is 4.52. The van der Waals surface area contributed by atoms with Crippen LogP contribution in [0.4, 0.5) is 0 Å². The maximum absolute atomic E-state index is 4.34. The zero-order chi connectivity index (χ0) is 12.1. The minimum Gasteiger partial charge on any atom is -0.305 e. The van der Waals surface area contributed by atoms with Gasteiger partial charge in [-0.1, -0.05) is 6.07 Å². The Kier molecular flexibility index (Phi) is 4.17. The molecule has 0 bridgehead atoms. The second-order valence-electron chi connectivity index (χ2n) is 3.70. The number of hydrogen-bond acceptors (Lipinski definition) is 4. The highest BCUT2D eigenvalue weighted by atomic mass is 79.9. The first kappa shape index (κ1) is 12.1. The van der Waals surface area contributed by atoms with Crippen LogP contribution >= 0.6 is 15.9 Å². The first-order chi connectivity index (χ1) is 8.24. The molecule has 0 saturated heterocycles. The topological polar surface area (TPSA) is 50.7 Å². The van der Waals surface area contributed by atoms with Gasteiger partial charge in [-0.2, -0.15) is 0 Å². The van der Waals surface area contributed by atoms with Gasteiger partial charge in [0.05, 0.1) is 17.1 Å². The average Bonchev–Trinajstić information content (AvgIpc) is 2.32. The van der Waals surface area contributed by atoms with E-state index in [0.29, 0.717) is 6.54 Å². The number of halogens is 1. The number of nitrogens with zero attached hydrogens (tertiary/aromatic N) is 3. The molecular weight excluding hydrogens is 280 g/mol. The summed E-state index contributed by atoms with van der Waals surface area (Å²) in [6.45, 7) is 3.34. The molecule has 88 valence electrons. The molecule has 0 aliphatic rings. The fourth-order valence-electron chi connectivity index (χ4n) is 1.38. The summed E-state index contributed by atoms with van der Waals surface area (Å²) >= 11 is 3.35. The van der Waals surface area contributed by atoms with Crippen LogP contribution in [0.1, 0.15) is 17.1 Å². The van der Waals surface area contributed by atoms with Gasteiger partial charge in [-0.05, 0) is 35.0 Å². The van der Waals surface area contributed by atoms with E-state index in [-0.39, 0.29) is 0 Å². The minimum absolute atomic E-state index is 0.696. The lowest BCUT2D eigenvalue weighted by molar-refractivity contribution is 0.663. The third-order valence-corrected chi connectivity index (χ3v) is 2.66. The van der Waals surface area contributed by atoms with E-state index in [0.717, 1.165) is 28.2 Å². The molecule has 0 unspecified atom stereocenters. The Hall–Kier alpha value is -1.33. The van der Waals surface area contributed by atoms with Gasteiger partial charge in [-0.25, -0.2) is 4.98 Å². The molecule has 0 saturated carbocycles. The second kappa shape index (κ2) is 5.84. The van der Waals surface area contributed by atoms with Crippen molar-refractivity contribution >= 4 is 15.9 Å². The Morgan fingerprint density at radius 1 is 1.12 bits per heavy atom. The van der Waals surface area contributed by atoms with Gasteiger partial charge in [0.1, 0.15) is 4.60 Å². The van der Waals surface area contributed by atoms with Crippen molar-refractivity contribution in [3.8, 4) is 0 Å². The third kappa shape index (κ3) is 3.87. The van der Waals surface area contributed by atoms with Crippen molar-refractivity contribution < 1.29 is 0 Å². The van der Waals surface area contributed by atoms with Crippen LogP contribution in [0.3, 0.4) is 0 Å². The van der Waals surface area contributed by atoms with Crippen molar-refractivity contribution in [2.45, 2.75) is 20.0 Å². The minimum atomic E-state index is 0.696. The van der Waals surface area contributed by atoms with Crippen LogP contribution in [0.2, 0.25) is 0 Å². The molecule has 1 N–H and O–H groups in total. The Labute approximate surface area is 109 Å². The summed E-state index contributed by atoms with van der Waals surface area (Å²) in [6.07, 6.45) is 3.56. The molecule has 0 aliphatic carbocycles. The molecule has 17 heavy (non-hydrogen) atoms. The molecule has 0 atom stereocenters. The molecule has 5 heteroatoms. The maximum atomic E-state index is 4.34. The Morgan fingerprint density at radius 2 is 1.94 bits per heavy atom. The molecule has 2 aromatic rings. The molecule has 2 aromatic heterocycles. The summed E-state index contributed by atoms with van der Waals surface area (Å²) < 4.78 is 0.854. The van der Waals surface area contributed by atoms with Crippen LogP contribution in [0.15, 0.2) is 35.2 Å². The van der Waals surface area contributed by atoms with Crippen LogP contribution in [0, 0.1) is 6.92 Å². The van der Waals surface area contributed by atoms with E-state index in [9.17, 15) is 0 Å². The van der Waals surface area contributed by atoms with Crippen LogP contribution in [0.25, 0.3) is 0 Å². The normalized spacial score (nSPS) is 10.5. The molecule has 0 radical (unpaired) electrons. The largest absolute Gasteiger partial charge is 0.305 e. The SMILES string of the molecule is Cc1cnc(CNCc2cccc(Br)n2)cn1. The summed E-state index contributed by atoms with van der Waals surface area (Å²) in [5.41, 5.74) is 2.87. The summed E-state index contributed by atoms with van der Waals surface area (Å²) in [5, 5.41) is 3.28. The van der Waals surface area contributed by atoms with E-state index in [1.807, 2.05) is 25.1 Å². The van der Waals surface area contributed by atoms with Crippen molar-refractivity contribution in [3.63, 3.8) is 0 Å². The molecule has 0 amide bonds. The highest BCUT2D eigenvalue weighted by molar-refractivity contribution is 9.10. The van der Waals surface area contributed by atoms with Crippen molar-refractivity contribution in [2.24, 2.45) is 0 Å². The maximum Gasteiger partial charge on any atom is 0.106 e. The van der Waals surface area contributed by atoms with Crippen molar-refractivity contribution in [2.75, 3.05) is 0 Å². The molecule has 4 nitrogen and oxygen atoms in total. The third-order valence-electron chi connectivity index (χ3n) is 2.22. The lowest BCUT2D eigenvalue weighted by Crippen LogP contribution is -2.14. The highest BCUT2D eigenvalue weighted by Gasteiger charge is 1.97. The van der Waals surface area contributed by atoms with E-state index < -0.39 is 0 Å². The van der Waals surface area contributed by atoms with E-state index in [4.69, 9.17) is 0 Å². The van der Waals surface area contributed by atoms with Gasteiger partial charge in [0.15, 0.2) is 0 Å². The summed E-state index contributed by atoms with van der Waals surface area (Å²) in [4.78, 5) is 12.8. The summed E-state index contributed by atoms with van der Waals surface area (Å²) in [6, 6.07) is 5.87. The molecule has 2 rings (SSSR count). The Bertz CT molecular complexity index is 484. The van der Waals surface area contributed by atoms with Gasteiger partial charge in [-0.15, -0.1) is 0 Å². The van der Waals surface area contributed by atoms with Crippen molar-refractivity contribution in [1.29, 1.82) is 0 Å². The fourth-order valence-corrected chi connectivity index (χ4v) is 1.76. The number of pyridine rings is 1. The first-order valence-electron chi connectivity index (χ1n) is 5.34. The molecule has 0 aliphatic heterocycles. The Balaban J connectivity index is 1.85. The van der Waals surface area contributed by atoms with Crippen LogP contribution in [0.5, 0.6) is 0 Å².